The Morgan fingerprint density at radius 1 is 1.33 bits per heavy atom. The molecule has 0 saturated carbocycles. The lowest BCUT2D eigenvalue weighted by Crippen LogP contribution is -2.15. The first-order chi connectivity index (χ1) is 6.96. The van der Waals surface area contributed by atoms with Crippen LogP contribution in [0.1, 0.15) is 44.2 Å². The number of alkyl halides is 1. The molecule has 0 bridgehead atoms. The fourth-order valence-electron chi connectivity index (χ4n) is 1.87. The number of hydrogen-bond donors (Lipinski definition) is 1. The van der Waals surface area contributed by atoms with Crippen LogP contribution in [0.2, 0.25) is 0 Å². The van der Waals surface area contributed by atoms with Gasteiger partial charge in [-0.3, -0.25) is 0 Å². The Balaban J connectivity index is 3.06. The standard InChI is InChI=1S/C13H20FN/c1-10(8-9-15)11-6-4-5-7-12(11)13(2,3)14/h4-7,10H,8-9,15H2,1-3H3. The third-order valence-electron chi connectivity index (χ3n) is 2.73. The fourth-order valence-corrected chi connectivity index (χ4v) is 1.87. The number of rotatable bonds is 4. The van der Waals surface area contributed by atoms with Crippen molar-refractivity contribution in [1.82, 2.24) is 0 Å². The molecule has 0 fully saturated rings. The summed E-state index contributed by atoms with van der Waals surface area (Å²) in [5.74, 6) is 0.321. The van der Waals surface area contributed by atoms with Gasteiger partial charge in [-0.05, 0) is 43.9 Å². The zero-order chi connectivity index (χ0) is 11.5. The van der Waals surface area contributed by atoms with E-state index in [2.05, 4.69) is 6.92 Å². The molecule has 0 aliphatic rings. The van der Waals surface area contributed by atoms with Crippen molar-refractivity contribution in [3.05, 3.63) is 35.4 Å². The van der Waals surface area contributed by atoms with Crippen LogP contribution in [0.5, 0.6) is 0 Å². The molecule has 15 heavy (non-hydrogen) atoms. The minimum absolute atomic E-state index is 0.321. The lowest BCUT2D eigenvalue weighted by atomic mass is 9.87. The summed E-state index contributed by atoms with van der Waals surface area (Å²) in [4.78, 5) is 0. The SMILES string of the molecule is CC(CCN)c1ccccc1C(C)(C)F. The van der Waals surface area contributed by atoms with Crippen LogP contribution in [-0.4, -0.2) is 6.54 Å². The molecule has 0 heterocycles. The smallest absolute Gasteiger partial charge is 0.130 e. The summed E-state index contributed by atoms with van der Waals surface area (Å²) in [5, 5.41) is 0. The number of nitrogens with two attached hydrogens (primary N) is 1. The molecule has 0 spiro atoms. The molecule has 0 radical (unpaired) electrons. The van der Waals surface area contributed by atoms with E-state index >= 15 is 0 Å². The van der Waals surface area contributed by atoms with Crippen LogP contribution in [0.3, 0.4) is 0 Å². The van der Waals surface area contributed by atoms with Gasteiger partial charge in [0.05, 0.1) is 0 Å². The Bertz CT molecular complexity index is 315. The third kappa shape index (κ3) is 3.03. The Morgan fingerprint density at radius 2 is 1.93 bits per heavy atom. The molecular formula is C13H20FN. The van der Waals surface area contributed by atoms with Crippen LogP contribution >= 0.6 is 0 Å². The van der Waals surface area contributed by atoms with E-state index in [1.807, 2.05) is 24.3 Å². The van der Waals surface area contributed by atoms with Gasteiger partial charge in [0, 0.05) is 0 Å². The van der Waals surface area contributed by atoms with Crippen molar-refractivity contribution in [3.63, 3.8) is 0 Å². The quantitative estimate of drug-likeness (QED) is 0.808. The summed E-state index contributed by atoms with van der Waals surface area (Å²) >= 11 is 0. The van der Waals surface area contributed by atoms with Crippen molar-refractivity contribution in [2.45, 2.75) is 38.8 Å². The van der Waals surface area contributed by atoms with E-state index in [4.69, 9.17) is 5.73 Å². The van der Waals surface area contributed by atoms with Crippen LogP contribution in [0.4, 0.5) is 4.39 Å². The number of benzene rings is 1. The minimum Gasteiger partial charge on any atom is -0.330 e. The van der Waals surface area contributed by atoms with Gasteiger partial charge in [0.15, 0.2) is 0 Å². The van der Waals surface area contributed by atoms with Crippen molar-refractivity contribution in [2.75, 3.05) is 6.54 Å². The summed E-state index contributed by atoms with van der Waals surface area (Å²) < 4.78 is 14.0. The third-order valence-corrected chi connectivity index (χ3v) is 2.73. The number of hydrogen-bond acceptors (Lipinski definition) is 1. The molecule has 1 atom stereocenters. The van der Waals surface area contributed by atoms with E-state index in [0.717, 1.165) is 17.5 Å². The molecule has 0 aromatic heterocycles. The molecule has 1 unspecified atom stereocenters. The molecule has 1 nitrogen and oxygen atoms in total. The lowest BCUT2D eigenvalue weighted by molar-refractivity contribution is 0.219. The second-order valence-electron chi connectivity index (χ2n) is 4.54. The average Bonchev–Trinajstić information content (AvgIpc) is 2.17. The van der Waals surface area contributed by atoms with E-state index in [-0.39, 0.29) is 0 Å². The molecule has 0 aliphatic carbocycles. The second kappa shape index (κ2) is 4.75. The molecule has 0 saturated heterocycles. The first-order valence-electron chi connectivity index (χ1n) is 5.45. The highest BCUT2D eigenvalue weighted by molar-refractivity contribution is 5.34. The van der Waals surface area contributed by atoms with Crippen LogP contribution in [0.25, 0.3) is 0 Å². The largest absolute Gasteiger partial charge is 0.330 e. The first kappa shape index (κ1) is 12.2. The lowest BCUT2D eigenvalue weighted by Gasteiger charge is -2.22. The van der Waals surface area contributed by atoms with Gasteiger partial charge in [-0.15, -0.1) is 0 Å². The number of halogens is 1. The Morgan fingerprint density at radius 3 is 2.47 bits per heavy atom. The maximum Gasteiger partial charge on any atom is 0.130 e. The molecule has 1 rings (SSSR count). The molecule has 2 N–H and O–H groups in total. The summed E-state index contributed by atoms with van der Waals surface area (Å²) in [6.45, 7) is 5.93. The van der Waals surface area contributed by atoms with E-state index < -0.39 is 5.67 Å². The van der Waals surface area contributed by atoms with Gasteiger partial charge < -0.3 is 5.73 Å². The van der Waals surface area contributed by atoms with Gasteiger partial charge in [-0.2, -0.15) is 0 Å². The highest BCUT2D eigenvalue weighted by Gasteiger charge is 2.23. The molecule has 0 amide bonds. The van der Waals surface area contributed by atoms with Crippen LogP contribution < -0.4 is 5.73 Å². The summed E-state index contributed by atoms with van der Waals surface area (Å²) in [7, 11) is 0. The van der Waals surface area contributed by atoms with E-state index in [0.29, 0.717) is 12.5 Å². The zero-order valence-electron chi connectivity index (χ0n) is 9.76. The predicted molar refractivity (Wildman–Crippen MR) is 62.7 cm³/mol. The molecular weight excluding hydrogens is 189 g/mol. The summed E-state index contributed by atoms with van der Waals surface area (Å²) in [6, 6.07) is 7.70. The molecule has 1 aromatic rings. The van der Waals surface area contributed by atoms with Crippen molar-refractivity contribution in [1.29, 1.82) is 0 Å². The maximum absolute atomic E-state index is 14.0. The van der Waals surface area contributed by atoms with Crippen molar-refractivity contribution >= 4 is 0 Å². The normalized spacial score (nSPS) is 13.9. The van der Waals surface area contributed by atoms with E-state index in [1.54, 1.807) is 13.8 Å². The van der Waals surface area contributed by atoms with Crippen LogP contribution in [-0.2, 0) is 5.67 Å². The highest BCUT2D eigenvalue weighted by Crippen LogP contribution is 2.32. The molecule has 84 valence electrons. The summed E-state index contributed by atoms with van der Waals surface area (Å²) in [6.07, 6.45) is 0.896. The van der Waals surface area contributed by atoms with Crippen LogP contribution in [0.15, 0.2) is 24.3 Å². The Labute approximate surface area is 91.5 Å². The highest BCUT2D eigenvalue weighted by atomic mass is 19.1. The van der Waals surface area contributed by atoms with Gasteiger partial charge in [-0.1, -0.05) is 31.2 Å². The van der Waals surface area contributed by atoms with E-state index in [1.165, 1.54) is 0 Å². The monoisotopic (exact) mass is 209 g/mol. The summed E-state index contributed by atoms with van der Waals surface area (Å²) in [5.41, 5.74) is 6.12. The second-order valence-corrected chi connectivity index (χ2v) is 4.54. The molecule has 2 heteroatoms. The fraction of sp³-hybridized carbons (Fsp3) is 0.538. The van der Waals surface area contributed by atoms with Crippen LogP contribution in [0, 0.1) is 0 Å². The minimum atomic E-state index is -1.28. The van der Waals surface area contributed by atoms with Crippen molar-refractivity contribution < 1.29 is 4.39 Å². The first-order valence-corrected chi connectivity index (χ1v) is 5.45. The Hall–Kier alpha value is -0.890. The van der Waals surface area contributed by atoms with Crippen molar-refractivity contribution in [3.8, 4) is 0 Å². The van der Waals surface area contributed by atoms with E-state index in [9.17, 15) is 4.39 Å². The topological polar surface area (TPSA) is 26.0 Å². The molecule has 1 aromatic carbocycles. The Kier molecular flexibility index (Phi) is 3.86. The van der Waals surface area contributed by atoms with Gasteiger partial charge in [0.25, 0.3) is 0 Å². The van der Waals surface area contributed by atoms with Crippen molar-refractivity contribution in [2.24, 2.45) is 5.73 Å². The van der Waals surface area contributed by atoms with Gasteiger partial charge >= 0.3 is 0 Å². The van der Waals surface area contributed by atoms with Gasteiger partial charge in [-0.25, -0.2) is 4.39 Å². The van der Waals surface area contributed by atoms with Gasteiger partial charge in [0.2, 0.25) is 0 Å². The van der Waals surface area contributed by atoms with Gasteiger partial charge in [0.1, 0.15) is 5.67 Å². The zero-order valence-corrected chi connectivity index (χ0v) is 9.76. The average molecular weight is 209 g/mol. The maximum atomic E-state index is 14.0. The molecule has 0 aliphatic heterocycles. The predicted octanol–water partition coefficient (Wildman–Crippen LogP) is 3.34.